The predicted octanol–water partition coefficient (Wildman–Crippen LogP) is 4.58. The summed E-state index contributed by atoms with van der Waals surface area (Å²) in [5.74, 6) is 0.847. The number of sulfonamides is 1. The molecule has 0 atom stereocenters. The summed E-state index contributed by atoms with van der Waals surface area (Å²) in [6.07, 6.45) is 5.72. The lowest BCUT2D eigenvalue weighted by Gasteiger charge is -2.19. The number of rotatable bonds is 6. The number of hydrogen-bond acceptors (Lipinski definition) is 6. The highest BCUT2D eigenvalue weighted by Crippen LogP contribution is 2.27. The fourth-order valence-corrected chi connectivity index (χ4v) is 5.53. The van der Waals surface area contributed by atoms with Gasteiger partial charge in [0.2, 0.25) is 10.0 Å². The summed E-state index contributed by atoms with van der Waals surface area (Å²) in [7, 11) is -3.42. The highest BCUT2D eigenvalue weighted by molar-refractivity contribution is 7.89. The zero-order valence-corrected chi connectivity index (χ0v) is 17.1. The van der Waals surface area contributed by atoms with Gasteiger partial charge in [-0.25, -0.2) is 13.4 Å². The molecule has 1 fully saturated rings. The summed E-state index contributed by atoms with van der Waals surface area (Å²) in [6.45, 7) is 1.80. The smallest absolute Gasteiger partial charge is 0.243 e. The molecule has 1 N–H and O–H groups in total. The molecule has 1 aliphatic heterocycles. The van der Waals surface area contributed by atoms with Crippen molar-refractivity contribution in [1.82, 2.24) is 9.29 Å². The first-order chi connectivity index (χ1) is 13.6. The van der Waals surface area contributed by atoms with Gasteiger partial charge >= 0.3 is 0 Å². The molecular formula is C20H23N3O3S2. The van der Waals surface area contributed by atoms with Gasteiger partial charge in [-0.3, -0.25) is 0 Å². The summed E-state index contributed by atoms with van der Waals surface area (Å²) in [5.41, 5.74) is 1.72. The van der Waals surface area contributed by atoms with Crippen molar-refractivity contribution in [3.05, 3.63) is 53.8 Å². The summed E-state index contributed by atoms with van der Waals surface area (Å²) >= 11 is 1.51. The Balaban J connectivity index is 1.45. The second-order valence-electron chi connectivity index (χ2n) is 6.81. The molecule has 4 rings (SSSR count). The monoisotopic (exact) mass is 417 g/mol. The highest BCUT2D eigenvalue weighted by atomic mass is 32.2. The van der Waals surface area contributed by atoms with Crippen LogP contribution in [0.3, 0.4) is 0 Å². The number of nitrogens with zero attached hydrogens (tertiary/aromatic N) is 2. The van der Waals surface area contributed by atoms with Gasteiger partial charge in [0, 0.05) is 24.0 Å². The Morgan fingerprint density at radius 2 is 1.82 bits per heavy atom. The number of aromatic nitrogens is 1. The van der Waals surface area contributed by atoms with Crippen molar-refractivity contribution in [3.63, 3.8) is 0 Å². The Labute approximate surface area is 169 Å². The Bertz CT molecular complexity index is 988. The number of thiazole rings is 1. The summed E-state index contributed by atoms with van der Waals surface area (Å²) < 4.78 is 32.7. The maximum atomic E-state index is 12.9. The van der Waals surface area contributed by atoms with E-state index in [4.69, 9.17) is 4.42 Å². The van der Waals surface area contributed by atoms with E-state index in [1.807, 2.05) is 29.6 Å². The number of furan rings is 1. The molecular weight excluding hydrogens is 394 g/mol. The van der Waals surface area contributed by atoms with Crippen molar-refractivity contribution in [1.29, 1.82) is 0 Å². The van der Waals surface area contributed by atoms with Crippen LogP contribution in [0.4, 0.5) is 5.13 Å². The first-order valence-corrected chi connectivity index (χ1v) is 11.8. The molecule has 8 heteroatoms. The molecule has 28 heavy (non-hydrogen) atoms. The lowest BCUT2D eigenvalue weighted by atomic mass is 10.2. The largest absolute Gasteiger partial charge is 0.467 e. The molecule has 2 aromatic heterocycles. The zero-order valence-electron chi connectivity index (χ0n) is 15.5. The van der Waals surface area contributed by atoms with Crippen LogP contribution in [0.5, 0.6) is 0 Å². The van der Waals surface area contributed by atoms with Crippen molar-refractivity contribution in [2.75, 3.05) is 18.4 Å². The molecule has 0 unspecified atom stereocenters. The Kier molecular flexibility index (Phi) is 5.79. The molecule has 1 saturated heterocycles. The molecule has 3 heterocycles. The summed E-state index contributed by atoms with van der Waals surface area (Å²) in [4.78, 5) is 4.93. The fraction of sp³-hybridized carbons (Fsp3) is 0.350. The second kappa shape index (κ2) is 8.46. The fourth-order valence-electron chi connectivity index (χ4n) is 3.29. The molecule has 1 aromatic carbocycles. The molecule has 0 saturated carbocycles. The average molecular weight is 418 g/mol. The van der Waals surface area contributed by atoms with Gasteiger partial charge in [-0.15, -0.1) is 11.3 Å². The van der Waals surface area contributed by atoms with E-state index in [1.54, 1.807) is 22.7 Å². The van der Waals surface area contributed by atoms with Crippen LogP contribution < -0.4 is 5.32 Å². The quantitative estimate of drug-likeness (QED) is 0.635. The molecule has 3 aromatic rings. The minimum atomic E-state index is -3.42. The molecule has 1 aliphatic rings. The van der Waals surface area contributed by atoms with Gasteiger partial charge in [-0.1, -0.05) is 25.0 Å². The Hall–Kier alpha value is -2.16. The SMILES string of the molecule is O=S(=O)(c1ccc(-c2csc(NCc3ccco3)n2)cc1)N1CCCCCC1. The van der Waals surface area contributed by atoms with Crippen LogP contribution in [0.2, 0.25) is 0 Å². The average Bonchev–Trinajstić information content (AvgIpc) is 3.32. The predicted molar refractivity (Wildman–Crippen MR) is 111 cm³/mol. The van der Waals surface area contributed by atoms with E-state index in [9.17, 15) is 8.42 Å². The Morgan fingerprint density at radius 1 is 1.07 bits per heavy atom. The lowest BCUT2D eigenvalue weighted by molar-refractivity contribution is 0.424. The van der Waals surface area contributed by atoms with E-state index < -0.39 is 10.0 Å². The van der Waals surface area contributed by atoms with E-state index in [0.717, 1.165) is 47.8 Å². The highest BCUT2D eigenvalue weighted by Gasteiger charge is 2.25. The first-order valence-electron chi connectivity index (χ1n) is 9.45. The van der Waals surface area contributed by atoms with Crippen LogP contribution in [0.25, 0.3) is 11.3 Å². The number of hydrogen-bond donors (Lipinski definition) is 1. The molecule has 0 radical (unpaired) electrons. The van der Waals surface area contributed by atoms with Crippen molar-refractivity contribution in [2.45, 2.75) is 37.1 Å². The van der Waals surface area contributed by atoms with Crippen molar-refractivity contribution in [2.24, 2.45) is 0 Å². The molecule has 6 nitrogen and oxygen atoms in total. The van der Waals surface area contributed by atoms with Gasteiger partial charge < -0.3 is 9.73 Å². The number of anilines is 1. The van der Waals surface area contributed by atoms with Crippen LogP contribution in [0, 0.1) is 0 Å². The van der Waals surface area contributed by atoms with E-state index in [2.05, 4.69) is 10.3 Å². The Morgan fingerprint density at radius 3 is 2.50 bits per heavy atom. The van der Waals surface area contributed by atoms with Crippen LogP contribution in [0.15, 0.2) is 57.4 Å². The topological polar surface area (TPSA) is 75.4 Å². The maximum absolute atomic E-state index is 12.9. The maximum Gasteiger partial charge on any atom is 0.243 e. The third-order valence-electron chi connectivity index (χ3n) is 4.85. The summed E-state index contributed by atoms with van der Waals surface area (Å²) in [6, 6.07) is 10.8. The lowest BCUT2D eigenvalue weighted by Crippen LogP contribution is -2.31. The van der Waals surface area contributed by atoms with Crippen molar-refractivity contribution >= 4 is 26.5 Å². The van der Waals surface area contributed by atoms with Crippen molar-refractivity contribution in [3.8, 4) is 11.3 Å². The molecule has 0 aliphatic carbocycles. The van der Waals surface area contributed by atoms with Gasteiger partial charge in [0.05, 0.1) is 23.4 Å². The molecule has 0 spiro atoms. The molecule has 0 amide bonds. The van der Waals surface area contributed by atoms with E-state index in [-0.39, 0.29) is 0 Å². The minimum absolute atomic E-state index is 0.351. The van der Waals surface area contributed by atoms with Gasteiger partial charge in [-0.05, 0) is 37.1 Å². The van der Waals surface area contributed by atoms with Gasteiger partial charge in [-0.2, -0.15) is 4.31 Å². The van der Waals surface area contributed by atoms with Crippen LogP contribution >= 0.6 is 11.3 Å². The van der Waals surface area contributed by atoms with Gasteiger partial charge in [0.25, 0.3) is 0 Å². The van der Waals surface area contributed by atoms with Crippen LogP contribution in [-0.4, -0.2) is 30.8 Å². The number of nitrogens with one attached hydrogen (secondary N) is 1. The minimum Gasteiger partial charge on any atom is -0.467 e. The van der Waals surface area contributed by atoms with E-state index in [1.165, 1.54) is 11.3 Å². The van der Waals surface area contributed by atoms with Gasteiger partial charge in [0.15, 0.2) is 5.13 Å². The van der Waals surface area contributed by atoms with Crippen LogP contribution in [0.1, 0.15) is 31.4 Å². The third kappa shape index (κ3) is 4.29. The number of benzene rings is 1. The standard InChI is InChI=1S/C20H23N3O3S2/c24-28(25,23-11-3-1-2-4-12-23)18-9-7-16(8-10-18)19-15-27-20(22-19)21-14-17-6-5-13-26-17/h5-10,13,15H,1-4,11-12,14H2,(H,21,22). The third-order valence-corrected chi connectivity index (χ3v) is 7.56. The zero-order chi connectivity index (χ0) is 19.4. The van der Waals surface area contributed by atoms with E-state index >= 15 is 0 Å². The second-order valence-corrected chi connectivity index (χ2v) is 9.61. The summed E-state index contributed by atoms with van der Waals surface area (Å²) in [5, 5.41) is 5.99. The van der Waals surface area contributed by atoms with Gasteiger partial charge in [0.1, 0.15) is 5.76 Å². The van der Waals surface area contributed by atoms with Crippen LogP contribution in [-0.2, 0) is 16.6 Å². The normalized spacial score (nSPS) is 16.0. The van der Waals surface area contributed by atoms with E-state index in [0.29, 0.717) is 24.5 Å². The van der Waals surface area contributed by atoms with Crippen molar-refractivity contribution < 1.29 is 12.8 Å². The molecule has 148 valence electrons. The first kappa shape index (κ1) is 19.2. The molecule has 0 bridgehead atoms.